The van der Waals surface area contributed by atoms with Crippen LogP contribution in [0.4, 0.5) is 0 Å². The lowest BCUT2D eigenvalue weighted by Gasteiger charge is -2.28. The highest BCUT2D eigenvalue weighted by Gasteiger charge is 2.23. The number of carbonyl (C=O) groups excluding carboxylic acids is 1. The number of carboxylic acids is 1. The predicted molar refractivity (Wildman–Crippen MR) is 119 cm³/mol. The summed E-state index contributed by atoms with van der Waals surface area (Å²) in [5.41, 5.74) is 3.07. The first-order valence-corrected chi connectivity index (χ1v) is 11.2. The maximum Gasteiger partial charge on any atom is 0.336 e. The fourth-order valence-corrected chi connectivity index (χ4v) is 4.35. The van der Waals surface area contributed by atoms with Crippen molar-refractivity contribution in [3.05, 3.63) is 53.6 Å². The molecule has 2 aromatic carbocycles. The number of hydrogen-bond acceptors (Lipinski definition) is 3. The van der Waals surface area contributed by atoms with E-state index in [1.165, 1.54) is 24.8 Å². The van der Waals surface area contributed by atoms with Gasteiger partial charge >= 0.3 is 11.9 Å². The Morgan fingerprint density at radius 2 is 1.70 bits per heavy atom. The second kappa shape index (κ2) is 10.4. The van der Waals surface area contributed by atoms with E-state index in [1.807, 2.05) is 31.2 Å². The van der Waals surface area contributed by atoms with Crippen LogP contribution in [-0.4, -0.2) is 17.0 Å². The van der Waals surface area contributed by atoms with Gasteiger partial charge < -0.3 is 9.84 Å². The molecule has 0 atom stereocenters. The fraction of sp³-hybridized carbons (Fsp3) is 0.462. The van der Waals surface area contributed by atoms with E-state index in [0.717, 1.165) is 42.7 Å². The molecule has 1 fully saturated rings. The van der Waals surface area contributed by atoms with Crippen LogP contribution >= 0.6 is 0 Å². The molecule has 0 spiro atoms. The van der Waals surface area contributed by atoms with Gasteiger partial charge in [0.15, 0.2) is 0 Å². The summed E-state index contributed by atoms with van der Waals surface area (Å²) in [5.74, 6) is 0.646. The van der Waals surface area contributed by atoms with Crippen LogP contribution in [-0.2, 0) is 4.79 Å². The van der Waals surface area contributed by atoms with Gasteiger partial charge in [0.05, 0.1) is 5.56 Å². The highest BCUT2D eigenvalue weighted by atomic mass is 16.5. The van der Waals surface area contributed by atoms with E-state index in [4.69, 9.17) is 4.74 Å². The molecule has 0 saturated heterocycles. The molecule has 2 aromatic rings. The van der Waals surface area contributed by atoms with Crippen molar-refractivity contribution >= 4 is 11.9 Å². The van der Waals surface area contributed by atoms with Gasteiger partial charge in [0, 0.05) is 6.42 Å². The van der Waals surface area contributed by atoms with Crippen molar-refractivity contribution in [3.63, 3.8) is 0 Å². The van der Waals surface area contributed by atoms with E-state index in [9.17, 15) is 14.7 Å². The summed E-state index contributed by atoms with van der Waals surface area (Å²) in [6.07, 6.45) is 8.22. The molecule has 4 nitrogen and oxygen atoms in total. The van der Waals surface area contributed by atoms with Crippen LogP contribution < -0.4 is 4.74 Å². The van der Waals surface area contributed by atoms with Crippen LogP contribution in [0.5, 0.6) is 5.75 Å². The SMILES string of the molecule is CCCCC(=O)Oc1ccc(-c2cc(C3CCC(CC)CC3)ccc2C(=O)O)cc1. The highest BCUT2D eigenvalue weighted by molar-refractivity contribution is 5.96. The lowest BCUT2D eigenvalue weighted by Crippen LogP contribution is -2.13. The minimum atomic E-state index is -0.929. The first-order valence-electron chi connectivity index (χ1n) is 11.2. The van der Waals surface area contributed by atoms with Crippen LogP contribution in [0.3, 0.4) is 0 Å². The monoisotopic (exact) mass is 408 g/mol. The van der Waals surface area contributed by atoms with E-state index in [1.54, 1.807) is 18.2 Å². The van der Waals surface area contributed by atoms with Gasteiger partial charge in [-0.05, 0) is 78.8 Å². The van der Waals surface area contributed by atoms with Crippen molar-refractivity contribution in [3.8, 4) is 16.9 Å². The van der Waals surface area contributed by atoms with Gasteiger partial charge in [0.2, 0.25) is 0 Å². The van der Waals surface area contributed by atoms with Crippen molar-refractivity contribution in [2.24, 2.45) is 5.92 Å². The van der Waals surface area contributed by atoms with Crippen molar-refractivity contribution in [1.82, 2.24) is 0 Å². The Hall–Kier alpha value is -2.62. The number of ether oxygens (including phenoxy) is 1. The lowest BCUT2D eigenvalue weighted by atomic mass is 9.77. The molecular formula is C26H32O4. The first kappa shape index (κ1) is 22.1. The minimum absolute atomic E-state index is 0.236. The molecule has 1 saturated carbocycles. The molecule has 1 N–H and O–H groups in total. The third-order valence-electron chi connectivity index (χ3n) is 6.30. The zero-order valence-electron chi connectivity index (χ0n) is 18.0. The summed E-state index contributed by atoms with van der Waals surface area (Å²) in [4.78, 5) is 23.6. The van der Waals surface area contributed by atoms with Crippen molar-refractivity contribution < 1.29 is 19.4 Å². The van der Waals surface area contributed by atoms with Gasteiger partial charge in [-0.15, -0.1) is 0 Å². The third kappa shape index (κ3) is 5.50. The van der Waals surface area contributed by atoms with Crippen LogP contribution in [0.15, 0.2) is 42.5 Å². The second-order valence-corrected chi connectivity index (χ2v) is 8.34. The predicted octanol–water partition coefficient (Wildman–Crippen LogP) is 6.83. The van der Waals surface area contributed by atoms with E-state index in [0.29, 0.717) is 23.7 Å². The summed E-state index contributed by atoms with van der Waals surface area (Å²) in [5, 5.41) is 9.68. The Kier molecular flexibility index (Phi) is 7.67. The van der Waals surface area contributed by atoms with E-state index >= 15 is 0 Å². The minimum Gasteiger partial charge on any atom is -0.478 e. The first-order chi connectivity index (χ1) is 14.5. The van der Waals surface area contributed by atoms with Crippen LogP contribution in [0.25, 0.3) is 11.1 Å². The van der Waals surface area contributed by atoms with Crippen LogP contribution in [0.2, 0.25) is 0 Å². The molecule has 1 aliphatic carbocycles. The van der Waals surface area contributed by atoms with Gasteiger partial charge in [-0.3, -0.25) is 4.79 Å². The molecule has 0 aromatic heterocycles. The molecule has 0 bridgehead atoms. The van der Waals surface area contributed by atoms with Crippen LogP contribution in [0.1, 0.15) is 87.1 Å². The molecule has 0 aliphatic heterocycles. The number of aromatic carboxylic acids is 1. The summed E-state index contributed by atoms with van der Waals surface area (Å²) in [6.45, 7) is 4.29. The van der Waals surface area contributed by atoms with Gasteiger partial charge in [0.1, 0.15) is 5.75 Å². The van der Waals surface area contributed by atoms with Gasteiger partial charge in [-0.25, -0.2) is 4.79 Å². The normalized spacial score (nSPS) is 18.7. The van der Waals surface area contributed by atoms with Gasteiger partial charge in [-0.1, -0.05) is 51.0 Å². The fourth-order valence-electron chi connectivity index (χ4n) is 4.35. The Morgan fingerprint density at radius 1 is 1.00 bits per heavy atom. The molecule has 0 heterocycles. The maximum atomic E-state index is 11.8. The molecule has 1 aliphatic rings. The van der Waals surface area contributed by atoms with Crippen molar-refractivity contribution in [2.75, 3.05) is 0 Å². The molecule has 0 unspecified atom stereocenters. The summed E-state index contributed by atoms with van der Waals surface area (Å²) in [6, 6.07) is 12.9. The summed E-state index contributed by atoms with van der Waals surface area (Å²) >= 11 is 0. The lowest BCUT2D eigenvalue weighted by molar-refractivity contribution is -0.134. The molecule has 0 amide bonds. The van der Waals surface area contributed by atoms with E-state index < -0.39 is 5.97 Å². The quantitative estimate of drug-likeness (QED) is 0.384. The molecule has 0 radical (unpaired) electrons. The molecule has 160 valence electrons. The number of unbranched alkanes of at least 4 members (excludes halogenated alkanes) is 1. The van der Waals surface area contributed by atoms with Crippen molar-refractivity contribution in [2.45, 2.75) is 71.1 Å². The number of carbonyl (C=O) groups is 2. The highest BCUT2D eigenvalue weighted by Crippen LogP contribution is 2.39. The Bertz CT molecular complexity index is 861. The van der Waals surface area contributed by atoms with E-state index in [2.05, 4.69) is 6.92 Å². The Balaban J connectivity index is 1.81. The summed E-state index contributed by atoms with van der Waals surface area (Å²) < 4.78 is 5.37. The zero-order valence-corrected chi connectivity index (χ0v) is 18.0. The largest absolute Gasteiger partial charge is 0.478 e. The standard InChI is InChI=1S/C26H32O4/c1-3-5-6-25(27)30-22-14-11-20(12-15-22)24-17-21(13-16-23(24)26(28)29)19-9-7-18(4-2)8-10-19/h11-19H,3-10H2,1-2H3,(H,28,29). The van der Waals surface area contributed by atoms with Gasteiger partial charge in [-0.2, -0.15) is 0 Å². The Labute approximate surface area is 179 Å². The molecule has 4 heteroatoms. The Morgan fingerprint density at radius 3 is 2.30 bits per heavy atom. The number of carboxylic acid groups (broad SMARTS) is 1. The van der Waals surface area contributed by atoms with Gasteiger partial charge in [0.25, 0.3) is 0 Å². The van der Waals surface area contributed by atoms with Crippen LogP contribution in [0, 0.1) is 5.92 Å². The topological polar surface area (TPSA) is 63.6 Å². The zero-order chi connectivity index (χ0) is 21.5. The maximum absolute atomic E-state index is 11.8. The number of esters is 1. The van der Waals surface area contributed by atoms with E-state index in [-0.39, 0.29) is 5.97 Å². The number of benzene rings is 2. The smallest absolute Gasteiger partial charge is 0.336 e. The number of rotatable bonds is 8. The third-order valence-corrected chi connectivity index (χ3v) is 6.30. The molecule has 30 heavy (non-hydrogen) atoms. The average Bonchev–Trinajstić information content (AvgIpc) is 2.78. The average molecular weight is 409 g/mol. The second-order valence-electron chi connectivity index (χ2n) is 8.34. The molecule has 3 rings (SSSR count). The van der Waals surface area contributed by atoms with Crippen molar-refractivity contribution in [1.29, 1.82) is 0 Å². The molecular weight excluding hydrogens is 376 g/mol. The summed E-state index contributed by atoms with van der Waals surface area (Å²) in [7, 11) is 0. The number of hydrogen-bond donors (Lipinski definition) is 1.